The van der Waals surface area contributed by atoms with Crippen molar-refractivity contribution in [3.8, 4) is 28.4 Å². The van der Waals surface area contributed by atoms with Crippen molar-refractivity contribution in [1.82, 2.24) is 4.98 Å². The molecule has 1 aliphatic heterocycles. The zero-order chi connectivity index (χ0) is 22.9. The lowest BCUT2D eigenvalue weighted by Gasteiger charge is -2.19. The minimum absolute atomic E-state index is 0.197. The minimum Gasteiger partial charge on any atom is -0.490 e. The van der Waals surface area contributed by atoms with E-state index in [0.717, 1.165) is 0 Å². The number of rotatable bonds is 1. The Labute approximate surface area is 186 Å². The molecule has 168 valence electrons. The molecule has 0 amide bonds. The minimum atomic E-state index is -2.34. The van der Waals surface area contributed by atoms with Crippen LogP contribution >= 0.6 is 0 Å². The number of nitrogen functional groups attached to an aromatic ring is 1. The molecule has 0 saturated heterocycles. The Kier molecular flexibility index (Phi) is 5.92. The molecule has 0 fully saturated rings. The molecular formula is C23H24FN3O4S. The highest BCUT2D eigenvalue weighted by atomic mass is 32.2. The molecule has 32 heavy (non-hydrogen) atoms. The SMILES string of the molecule is C[C@H]1Oc2cc(cnc2N)-c2cc(N=S(C)(C)=O)ccc2OCCOc2ccc(F)cc21. The normalized spacial score (nSPS) is 15.9. The summed E-state index contributed by atoms with van der Waals surface area (Å²) in [5.74, 6) is 1.22. The number of anilines is 1. The Hall–Kier alpha value is -3.33. The van der Waals surface area contributed by atoms with Crippen LogP contribution in [0, 0.1) is 5.82 Å². The summed E-state index contributed by atoms with van der Waals surface area (Å²) in [6.45, 7) is 2.28. The lowest BCUT2D eigenvalue weighted by atomic mass is 10.1. The first-order chi connectivity index (χ1) is 15.2. The Morgan fingerprint density at radius 2 is 1.78 bits per heavy atom. The molecule has 2 bridgehead atoms. The van der Waals surface area contributed by atoms with Crippen molar-refractivity contribution in [3.05, 3.63) is 60.0 Å². The maximum absolute atomic E-state index is 13.9. The van der Waals surface area contributed by atoms with E-state index < -0.39 is 21.7 Å². The molecule has 1 aromatic heterocycles. The molecule has 4 rings (SSSR count). The van der Waals surface area contributed by atoms with Crippen molar-refractivity contribution in [2.45, 2.75) is 13.0 Å². The fourth-order valence-electron chi connectivity index (χ4n) is 3.40. The molecule has 2 heterocycles. The topological polar surface area (TPSA) is 96.0 Å². The van der Waals surface area contributed by atoms with Gasteiger partial charge in [-0.05, 0) is 49.4 Å². The van der Waals surface area contributed by atoms with Crippen LogP contribution in [0.5, 0.6) is 17.2 Å². The molecule has 1 atom stereocenters. The zero-order valence-electron chi connectivity index (χ0n) is 18.0. The van der Waals surface area contributed by atoms with E-state index in [-0.39, 0.29) is 19.0 Å². The summed E-state index contributed by atoms with van der Waals surface area (Å²) < 4.78 is 48.2. The van der Waals surface area contributed by atoms with Gasteiger partial charge in [0.25, 0.3) is 0 Å². The first kappa shape index (κ1) is 21.9. The molecule has 1 aliphatic rings. The lowest BCUT2D eigenvalue weighted by molar-refractivity contribution is 0.198. The molecule has 2 aromatic carbocycles. The van der Waals surface area contributed by atoms with Gasteiger partial charge in [0.1, 0.15) is 36.6 Å². The average molecular weight is 458 g/mol. The second kappa shape index (κ2) is 8.66. The number of nitrogens with zero attached hydrogens (tertiary/aromatic N) is 2. The third-order valence-electron chi connectivity index (χ3n) is 4.79. The number of ether oxygens (including phenoxy) is 3. The van der Waals surface area contributed by atoms with Crippen molar-refractivity contribution in [3.63, 3.8) is 0 Å². The predicted molar refractivity (Wildman–Crippen MR) is 123 cm³/mol. The smallest absolute Gasteiger partial charge is 0.166 e. The number of aromatic nitrogens is 1. The molecule has 2 N–H and O–H groups in total. The van der Waals surface area contributed by atoms with E-state index in [1.54, 1.807) is 56.0 Å². The average Bonchev–Trinajstić information content (AvgIpc) is 2.73. The summed E-state index contributed by atoms with van der Waals surface area (Å²) >= 11 is 0. The number of benzene rings is 2. The largest absolute Gasteiger partial charge is 0.490 e. The van der Waals surface area contributed by atoms with Crippen molar-refractivity contribution in [1.29, 1.82) is 0 Å². The fraction of sp³-hybridized carbons (Fsp3) is 0.261. The second-order valence-corrected chi connectivity index (χ2v) is 10.2. The molecule has 0 radical (unpaired) electrons. The molecular weight excluding hydrogens is 433 g/mol. The third kappa shape index (κ3) is 4.94. The van der Waals surface area contributed by atoms with Crippen LogP contribution in [0.1, 0.15) is 18.6 Å². The summed E-state index contributed by atoms with van der Waals surface area (Å²) in [6, 6.07) is 11.3. The maximum Gasteiger partial charge on any atom is 0.166 e. The van der Waals surface area contributed by atoms with Gasteiger partial charge in [0.2, 0.25) is 0 Å². The monoisotopic (exact) mass is 457 g/mol. The Bertz CT molecular complexity index is 1280. The van der Waals surface area contributed by atoms with Crippen LogP contribution in [0.2, 0.25) is 0 Å². The van der Waals surface area contributed by atoms with Crippen LogP contribution in [0.25, 0.3) is 11.1 Å². The van der Waals surface area contributed by atoms with E-state index in [1.165, 1.54) is 12.1 Å². The molecule has 0 saturated carbocycles. The highest BCUT2D eigenvalue weighted by Gasteiger charge is 2.19. The predicted octanol–water partition coefficient (Wildman–Crippen LogP) is 4.74. The van der Waals surface area contributed by atoms with E-state index in [9.17, 15) is 8.60 Å². The summed E-state index contributed by atoms with van der Waals surface area (Å²) in [6.07, 6.45) is 4.20. The summed E-state index contributed by atoms with van der Waals surface area (Å²) in [5, 5.41) is 0. The number of hydrogen-bond donors (Lipinski definition) is 1. The number of pyridine rings is 1. The van der Waals surface area contributed by atoms with Gasteiger partial charge < -0.3 is 19.9 Å². The molecule has 3 aromatic rings. The number of halogens is 1. The van der Waals surface area contributed by atoms with E-state index in [2.05, 4.69) is 9.35 Å². The summed E-state index contributed by atoms with van der Waals surface area (Å²) in [5.41, 5.74) is 8.55. The van der Waals surface area contributed by atoms with Crippen molar-refractivity contribution in [2.24, 2.45) is 4.36 Å². The van der Waals surface area contributed by atoms with Gasteiger partial charge in [0, 0.05) is 45.1 Å². The van der Waals surface area contributed by atoms with Gasteiger partial charge in [-0.3, -0.25) is 0 Å². The van der Waals surface area contributed by atoms with E-state index >= 15 is 0 Å². The van der Waals surface area contributed by atoms with Gasteiger partial charge in [0.15, 0.2) is 11.6 Å². The van der Waals surface area contributed by atoms with Gasteiger partial charge >= 0.3 is 0 Å². The van der Waals surface area contributed by atoms with Gasteiger partial charge in [-0.15, -0.1) is 0 Å². The number of hydrogen-bond acceptors (Lipinski definition) is 7. The number of fused-ring (bicyclic) bond motifs is 5. The van der Waals surface area contributed by atoms with Crippen LogP contribution in [0.3, 0.4) is 0 Å². The highest BCUT2D eigenvalue weighted by Crippen LogP contribution is 2.38. The standard InChI is InChI=1S/C23H24FN3O4S/c1-14-18-11-16(24)4-6-20(18)29-8-9-30-21-7-5-17(27-32(2,3)28)12-19(21)15-10-22(31-14)23(25)26-13-15/h4-7,10-14H,8-9H2,1-3H3,(H2,25,26)/t14-/m1/s1. The van der Waals surface area contributed by atoms with Gasteiger partial charge in [-0.25, -0.2) is 13.6 Å². The van der Waals surface area contributed by atoms with Crippen molar-refractivity contribution < 1.29 is 22.8 Å². The summed E-state index contributed by atoms with van der Waals surface area (Å²) in [4.78, 5) is 4.27. The molecule has 0 aliphatic carbocycles. The first-order valence-electron chi connectivity index (χ1n) is 9.98. The van der Waals surface area contributed by atoms with Crippen molar-refractivity contribution in [2.75, 3.05) is 31.5 Å². The van der Waals surface area contributed by atoms with Crippen LogP contribution in [-0.4, -0.2) is 34.9 Å². The first-order valence-corrected chi connectivity index (χ1v) is 12.3. The second-order valence-electron chi connectivity index (χ2n) is 7.70. The maximum atomic E-state index is 13.9. The van der Waals surface area contributed by atoms with Gasteiger partial charge in [-0.1, -0.05) is 0 Å². The van der Waals surface area contributed by atoms with Crippen LogP contribution in [0.4, 0.5) is 15.9 Å². The van der Waals surface area contributed by atoms with Crippen LogP contribution in [-0.2, 0) is 9.73 Å². The highest BCUT2D eigenvalue weighted by molar-refractivity contribution is 7.92. The van der Waals surface area contributed by atoms with Crippen LogP contribution in [0.15, 0.2) is 53.0 Å². The van der Waals surface area contributed by atoms with Gasteiger partial charge in [0.05, 0.1) is 5.69 Å². The fourth-order valence-corrected chi connectivity index (χ4v) is 4.02. The van der Waals surface area contributed by atoms with E-state index in [0.29, 0.717) is 39.6 Å². The lowest BCUT2D eigenvalue weighted by Crippen LogP contribution is -2.12. The number of nitrogens with two attached hydrogens (primary N) is 1. The molecule has 0 spiro atoms. The van der Waals surface area contributed by atoms with E-state index in [4.69, 9.17) is 19.9 Å². The Balaban J connectivity index is 1.84. The van der Waals surface area contributed by atoms with Gasteiger partial charge in [-0.2, -0.15) is 4.36 Å². The molecule has 9 heteroatoms. The Morgan fingerprint density at radius 3 is 2.53 bits per heavy atom. The molecule has 7 nitrogen and oxygen atoms in total. The molecule has 0 unspecified atom stereocenters. The third-order valence-corrected chi connectivity index (χ3v) is 5.44. The Morgan fingerprint density at radius 1 is 1.06 bits per heavy atom. The quantitative estimate of drug-likeness (QED) is 0.567. The van der Waals surface area contributed by atoms with E-state index in [1.807, 2.05) is 0 Å². The van der Waals surface area contributed by atoms with Crippen LogP contribution < -0.4 is 19.9 Å². The zero-order valence-corrected chi connectivity index (χ0v) is 18.8. The van der Waals surface area contributed by atoms with Crippen molar-refractivity contribution >= 4 is 21.2 Å². The summed E-state index contributed by atoms with van der Waals surface area (Å²) in [7, 11) is -2.34.